The summed E-state index contributed by atoms with van der Waals surface area (Å²) in [7, 11) is 0. The third-order valence-electron chi connectivity index (χ3n) is 4.62. The van der Waals surface area contributed by atoms with E-state index >= 15 is 0 Å². The molecule has 0 spiro atoms. The Hall–Kier alpha value is -1.59. The van der Waals surface area contributed by atoms with E-state index in [4.69, 9.17) is 5.73 Å². The molecule has 3 rings (SSSR count). The maximum atomic E-state index is 12.3. The van der Waals surface area contributed by atoms with Crippen molar-refractivity contribution in [2.24, 2.45) is 5.73 Å². The number of halogens is 2. The molecule has 0 aliphatic carbocycles. The highest BCUT2D eigenvalue weighted by Crippen LogP contribution is 2.15. The average Bonchev–Trinajstić information content (AvgIpc) is 2.64. The molecule has 1 unspecified atom stereocenters. The Morgan fingerprint density at radius 2 is 1.54 bits per heavy atom. The minimum atomic E-state index is -0.589. The quantitative estimate of drug-likeness (QED) is 0.815. The van der Waals surface area contributed by atoms with Gasteiger partial charge in [-0.3, -0.25) is 9.69 Å². The van der Waals surface area contributed by atoms with E-state index in [-0.39, 0.29) is 36.8 Å². The Morgan fingerprint density at radius 1 is 1.00 bits per heavy atom. The summed E-state index contributed by atoms with van der Waals surface area (Å²) in [6.07, 6.45) is 1.94. The van der Waals surface area contributed by atoms with Crippen molar-refractivity contribution < 1.29 is 4.79 Å². The largest absolute Gasteiger partial charge is 0.352 e. The van der Waals surface area contributed by atoms with Crippen LogP contribution in [0.1, 0.15) is 30.0 Å². The van der Waals surface area contributed by atoms with Crippen molar-refractivity contribution in [3.8, 4) is 0 Å². The van der Waals surface area contributed by atoms with Crippen molar-refractivity contribution in [1.29, 1.82) is 0 Å². The highest BCUT2D eigenvalue weighted by molar-refractivity contribution is 5.85. The lowest BCUT2D eigenvalue weighted by molar-refractivity contribution is -0.123. The summed E-state index contributed by atoms with van der Waals surface area (Å²) >= 11 is 0. The molecule has 6 heteroatoms. The van der Waals surface area contributed by atoms with E-state index in [1.54, 1.807) is 0 Å². The van der Waals surface area contributed by atoms with E-state index in [1.165, 1.54) is 5.56 Å². The molecule has 1 fully saturated rings. The number of carbonyl (C=O) groups excluding carboxylic acids is 1. The van der Waals surface area contributed by atoms with Crippen molar-refractivity contribution in [3.63, 3.8) is 0 Å². The topological polar surface area (TPSA) is 58.4 Å². The van der Waals surface area contributed by atoms with Gasteiger partial charge in [-0.1, -0.05) is 60.7 Å². The molecule has 1 heterocycles. The molecule has 0 radical (unpaired) electrons. The molecule has 1 atom stereocenters. The first-order valence-corrected chi connectivity index (χ1v) is 8.59. The Morgan fingerprint density at radius 3 is 2.12 bits per heavy atom. The number of nitrogens with two attached hydrogens (primary N) is 1. The average molecular weight is 396 g/mol. The first-order valence-electron chi connectivity index (χ1n) is 8.59. The van der Waals surface area contributed by atoms with E-state index in [0.29, 0.717) is 0 Å². The molecule has 0 bridgehead atoms. The second-order valence-corrected chi connectivity index (χ2v) is 6.43. The maximum Gasteiger partial charge on any atom is 0.241 e. The number of nitrogens with one attached hydrogen (secondary N) is 1. The summed E-state index contributed by atoms with van der Waals surface area (Å²) in [6, 6.07) is 19.7. The minimum Gasteiger partial charge on any atom is -0.352 e. The van der Waals surface area contributed by atoms with Gasteiger partial charge < -0.3 is 11.1 Å². The molecule has 1 aliphatic heterocycles. The van der Waals surface area contributed by atoms with Gasteiger partial charge in [0.15, 0.2) is 0 Å². The van der Waals surface area contributed by atoms with E-state index in [0.717, 1.165) is 38.0 Å². The third-order valence-corrected chi connectivity index (χ3v) is 4.62. The van der Waals surface area contributed by atoms with Crippen molar-refractivity contribution in [3.05, 3.63) is 71.8 Å². The second-order valence-electron chi connectivity index (χ2n) is 6.43. The number of hydrogen-bond acceptors (Lipinski definition) is 3. The Labute approximate surface area is 168 Å². The van der Waals surface area contributed by atoms with Crippen LogP contribution in [-0.4, -0.2) is 29.9 Å². The van der Waals surface area contributed by atoms with Crippen LogP contribution in [0.15, 0.2) is 60.7 Å². The van der Waals surface area contributed by atoms with Crippen molar-refractivity contribution in [1.82, 2.24) is 10.2 Å². The van der Waals surface area contributed by atoms with Gasteiger partial charge >= 0.3 is 0 Å². The number of likely N-dealkylation sites (tertiary alicyclic amines) is 1. The van der Waals surface area contributed by atoms with Gasteiger partial charge in [0.2, 0.25) is 5.91 Å². The number of benzene rings is 2. The van der Waals surface area contributed by atoms with Crippen molar-refractivity contribution in [2.75, 3.05) is 13.1 Å². The fraction of sp³-hybridized carbons (Fsp3) is 0.350. The first-order chi connectivity index (χ1) is 11.7. The number of carbonyl (C=O) groups is 1. The maximum absolute atomic E-state index is 12.3. The molecule has 3 N–H and O–H groups in total. The fourth-order valence-electron chi connectivity index (χ4n) is 3.18. The van der Waals surface area contributed by atoms with Gasteiger partial charge in [0.25, 0.3) is 0 Å². The summed E-state index contributed by atoms with van der Waals surface area (Å²) in [5, 5.41) is 3.11. The second kappa shape index (κ2) is 11.2. The van der Waals surface area contributed by atoms with Crippen LogP contribution >= 0.6 is 24.8 Å². The summed E-state index contributed by atoms with van der Waals surface area (Å²) in [6.45, 7) is 2.98. The zero-order valence-corrected chi connectivity index (χ0v) is 16.3. The molecule has 0 saturated carbocycles. The lowest BCUT2D eigenvalue weighted by Gasteiger charge is -2.32. The summed E-state index contributed by atoms with van der Waals surface area (Å²) in [5.74, 6) is -0.0808. The standard InChI is InChI=1S/C20H25N3O.2ClH/c21-19(17-9-5-2-6-10-17)20(24)22-18-11-13-23(14-12-18)15-16-7-3-1-4-8-16;;/h1-10,18-19H,11-15,21H2,(H,22,24);2*1H. The van der Waals surface area contributed by atoms with Crippen LogP contribution in [0.2, 0.25) is 0 Å². The molecule has 142 valence electrons. The zero-order valence-electron chi connectivity index (χ0n) is 14.7. The Bertz CT molecular complexity index is 647. The van der Waals surface area contributed by atoms with Crippen LogP contribution in [-0.2, 0) is 11.3 Å². The van der Waals surface area contributed by atoms with Crippen LogP contribution in [0.5, 0.6) is 0 Å². The molecule has 1 aliphatic rings. The monoisotopic (exact) mass is 395 g/mol. The molecular formula is C20H27Cl2N3O. The fourth-order valence-corrected chi connectivity index (χ4v) is 3.18. The number of nitrogens with zero attached hydrogens (tertiary/aromatic N) is 1. The Balaban J connectivity index is 0.00000169. The molecule has 1 amide bonds. The van der Waals surface area contributed by atoms with Gasteiger partial charge in [0, 0.05) is 25.7 Å². The van der Waals surface area contributed by atoms with Crippen molar-refractivity contribution >= 4 is 30.7 Å². The molecule has 26 heavy (non-hydrogen) atoms. The zero-order chi connectivity index (χ0) is 16.8. The summed E-state index contributed by atoms with van der Waals surface area (Å²) in [5.41, 5.74) is 8.26. The smallest absolute Gasteiger partial charge is 0.241 e. The van der Waals surface area contributed by atoms with Crippen molar-refractivity contribution in [2.45, 2.75) is 31.5 Å². The molecular weight excluding hydrogens is 369 g/mol. The first kappa shape index (κ1) is 22.5. The van der Waals surface area contributed by atoms with Gasteiger partial charge in [-0.05, 0) is 24.0 Å². The third kappa shape index (κ3) is 6.29. The van der Waals surface area contributed by atoms with E-state index in [1.807, 2.05) is 36.4 Å². The minimum absolute atomic E-state index is 0. The summed E-state index contributed by atoms with van der Waals surface area (Å²) < 4.78 is 0. The highest BCUT2D eigenvalue weighted by Gasteiger charge is 2.23. The number of hydrogen-bond donors (Lipinski definition) is 2. The van der Waals surface area contributed by atoms with E-state index in [2.05, 4.69) is 34.5 Å². The van der Waals surface area contributed by atoms with Crippen LogP contribution < -0.4 is 11.1 Å². The number of amides is 1. The Kier molecular flexibility index (Phi) is 9.66. The van der Waals surface area contributed by atoms with Crippen LogP contribution in [0, 0.1) is 0 Å². The molecule has 2 aromatic carbocycles. The van der Waals surface area contributed by atoms with Gasteiger partial charge in [-0.25, -0.2) is 0 Å². The lowest BCUT2D eigenvalue weighted by atomic mass is 10.0. The number of piperidine rings is 1. The van der Waals surface area contributed by atoms with E-state index < -0.39 is 6.04 Å². The van der Waals surface area contributed by atoms with Crippen LogP contribution in [0.3, 0.4) is 0 Å². The normalized spacial score (nSPS) is 16.0. The molecule has 1 saturated heterocycles. The number of rotatable bonds is 5. The highest BCUT2D eigenvalue weighted by atomic mass is 35.5. The SMILES string of the molecule is Cl.Cl.NC(C(=O)NC1CCN(Cc2ccccc2)CC1)c1ccccc1. The summed E-state index contributed by atoms with van der Waals surface area (Å²) in [4.78, 5) is 14.8. The van der Waals surface area contributed by atoms with Crippen LogP contribution in [0.4, 0.5) is 0 Å². The van der Waals surface area contributed by atoms with Crippen LogP contribution in [0.25, 0.3) is 0 Å². The lowest BCUT2D eigenvalue weighted by Crippen LogP contribution is -2.46. The molecule has 2 aromatic rings. The van der Waals surface area contributed by atoms with Gasteiger partial charge in [-0.15, -0.1) is 24.8 Å². The predicted octanol–water partition coefficient (Wildman–Crippen LogP) is 3.31. The molecule has 0 aromatic heterocycles. The van der Waals surface area contributed by atoms with Gasteiger partial charge in [0.05, 0.1) is 0 Å². The van der Waals surface area contributed by atoms with Gasteiger partial charge in [0.1, 0.15) is 6.04 Å². The predicted molar refractivity (Wildman–Crippen MR) is 111 cm³/mol. The molecule has 4 nitrogen and oxygen atoms in total. The van der Waals surface area contributed by atoms with Gasteiger partial charge in [-0.2, -0.15) is 0 Å². The van der Waals surface area contributed by atoms with E-state index in [9.17, 15) is 4.79 Å².